The molecule has 1 aromatic carbocycles. The average molecular weight is 413 g/mol. The van der Waals surface area contributed by atoms with E-state index in [1.165, 1.54) is 4.57 Å². The minimum atomic E-state index is -3.97. The zero-order valence-electron chi connectivity index (χ0n) is 11.2. The molecule has 0 saturated carbocycles. The van der Waals surface area contributed by atoms with Crippen LogP contribution in [-0.4, -0.2) is 23.2 Å². The zero-order valence-corrected chi connectivity index (χ0v) is 15.1. The molecular formula is C12H12BrCl2N3O2S. The van der Waals surface area contributed by atoms with Gasteiger partial charge < -0.3 is 0 Å². The first-order valence-corrected chi connectivity index (χ1v) is 9.51. The number of aromatic nitrogens is 3. The predicted molar refractivity (Wildman–Crippen MR) is 86.0 cm³/mol. The standard InChI is InChI=1S/C12H12BrCl2N3O2S/c1-7(2)6-18-11(16-17-12(18)21(15,19)20)8-3-4-9(13)10(14)5-8/h3-5,7H,6H2,1-2H3. The lowest BCUT2D eigenvalue weighted by Gasteiger charge is -2.11. The third kappa shape index (κ3) is 3.77. The largest absolute Gasteiger partial charge is 0.297 e. The highest BCUT2D eigenvalue weighted by Gasteiger charge is 2.24. The van der Waals surface area contributed by atoms with Gasteiger partial charge in [0.15, 0.2) is 5.82 Å². The van der Waals surface area contributed by atoms with E-state index in [9.17, 15) is 8.42 Å². The summed E-state index contributed by atoms with van der Waals surface area (Å²) in [6, 6.07) is 5.24. The van der Waals surface area contributed by atoms with E-state index in [2.05, 4.69) is 26.1 Å². The van der Waals surface area contributed by atoms with Crippen molar-refractivity contribution < 1.29 is 8.42 Å². The maximum Gasteiger partial charge on any atom is 0.296 e. The summed E-state index contributed by atoms with van der Waals surface area (Å²) < 4.78 is 25.5. The van der Waals surface area contributed by atoms with Crippen LogP contribution in [-0.2, 0) is 15.6 Å². The lowest BCUT2D eigenvalue weighted by Crippen LogP contribution is -2.11. The Labute approximate surface area is 140 Å². The van der Waals surface area contributed by atoms with Crippen molar-refractivity contribution in [3.8, 4) is 11.4 Å². The van der Waals surface area contributed by atoms with Crippen LogP contribution in [0, 0.1) is 5.92 Å². The normalized spacial score (nSPS) is 12.1. The second-order valence-corrected chi connectivity index (χ2v) is 8.60. The smallest absolute Gasteiger partial charge is 0.296 e. The fraction of sp³-hybridized carbons (Fsp3) is 0.333. The maximum absolute atomic E-state index is 11.6. The molecule has 2 aromatic rings. The first-order chi connectivity index (χ1) is 9.70. The summed E-state index contributed by atoms with van der Waals surface area (Å²) in [7, 11) is 1.45. The molecule has 114 valence electrons. The number of rotatable bonds is 4. The summed E-state index contributed by atoms with van der Waals surface area (Å²) in [5.74, 6) is 0.611. The summed E-state index contributed by atoms with van der Waals surface area (Å²) in [4.78, 5) is 0. The summed E-state index contributed by atoms with van der Waals surface area (Å²) in [6.07, 6.45) is 0. The van der Waals surface area contributed by atoms with Gasteiger partial charge in [0.05, 0.1) is 5.02 Å². The van der Waals surface area contributed by atoms with Crippen LogP contribution in [0.15, 0.2) is 27.8 Å². The monoisotopic (exact) mass is 411 g/mol. The van der Waals surface area contributed by atoms with E-state index in [1.54, 1.807) is 18.2 Å². The molecule has 0 unspecified atom stereocenters. The molecule has 0 spiro atoms. The molecule has 0 fully saturated rings. The van der Waals surface area contributed by atoms with Crippen molar-refractivity contribution in [1.82, 2.24) is 14.8 Å². The van der Waals surface area contributed by atoms with Gasteiger partial charge in [-0.15, -0.1) is 10.2 Å². The van der Waals surface area contributed by atoms with Crippen molar-refractivity contribution >= 4 is 47.3 Å². The van der Waals surface area contributed by atoms with E-state index in [0.29, 0.717) is 23.0 Å². The van der Waals surface area contributed by atoms with Crippen LogP contribution in [0.3, 0.4) is 0 Å². The molecule has 0 atom stereocenters. The van der Waals surface area contributed by atoms with Gasteiger partial charge in [-0.1, -0.05) is 25.4 Å². The second kappa shape index (κ2) is 6.24. The lowest BCUT2D eigenvalue weighted by atomic mass is 10.2. The third-order valence-corrected chi connectivity index (χ3v) is 5.05. The van der Waals surface area contributed by atoms with Crippen molar-refractivity contribution in [3.63, 3.8) is 0 Å². The molecule has 0 radical (unpaired) electrons. The fourth-order valence-electron chi connectivity index (χ4n) is 1.85. The highest BCUT2D eigenvalue weighted by atomic mass is 79.9. The van der Waals surface area contributed by atoms with Crippen LogP contribution < -0.4 is 0 Å². The molecule has 1 aromatic heterocycles. The molecule has 0 aliphatic carbocycles. The SMILES string of the molecule is CC(C)Cn1c(-c2ccc(Br)c(Cl)c2)nnc1S(=O)(=O)Cl. The van der Waals surface area contributed by atoms with Crippen molar-refractivity contribution in [3.05, 3.63) is 27.7 Å². The topological polar surface area (TPSA) is 64.8 Å². The average Bonchev–Trinajstić information content (AvgIpc) is 2.75. The molecular weight excluding hydrogens is 401 g/mol. The molecule has 9 heteroatoms. The van der Waals surface area contributed by atoms with Crippen LogP contribution in [0.2, 0.25) is 5.02 Å². The summed E-state index contributed by atoms with van der Waals surface area (Å²) >= 11 is 9.38. The number of nitrogens with zero attached hydrogens (tertiary/aromatic N) is 3. The first kappa shape index (κ1) is 16.7. The molecule has 0 aliphatic heterocycles. The Morgan fingerprint density at radius 2 is 2.00 bits per heavy atom. The Morgan fingerprint density at radius 1 is 1.33 bits per heavy atom. The number of benzene rings is 1. The lowest BCUT2D eigenvalue weighted by molar-refractivity contribution is 0.488. The van der Waals surface area contributed by atoms with E-state index in [4.69, 9.17) is 22.3 Å². The third-order valence-electron chi connectivity index (χ3n) is 2.66. The zero-order chi connectivity index (χ0) is 15.8. The summed E-state index contributed by atoms with van der Waals surface area (Å²) in [5, 5.41) is 7.90. The molecule has 0 N–H and O–H groups in total. The Hall–Kier alpha value is -0.630. The summed E-state index contributed by atoms with van der Waals surface area (Å²) in [5.41, 5.74) is 0.669. The quantitative estimate of drug-likeness (QED) is 0.713. The minimum Gasteiger partial charge on any atom is -0.297 e. The summed E-state index contributed by atoms with van der Waals surface area (Å²) in [6.45, 7) is 4.35. The molecule has 2 rings (SSSR count). The maximum atomic E-state index is 11.6. The minimum absolute atomic E-state index is 0.197. The predicted octanol–water partition coefficient (Wildman–Crippen LogP) is 3.94. The molecule has 5 nitrogen and oxygen atoms in total. The Bertz CT molecular complexity index is 775. The van der Waals surface area contributed by atoms with Gasteiger partial charge in [0.25, 0.3) is 14.2 Å². The van der Waals surface area contributed by atoms with Crippen molar-refractivity contribution in [2.45, 2.75) is 25.5 Å². The molecule has 0 bridgehead atoms. The molecule has 0 amide bonds. The highest BCUT2D eigenvalue weighted by Crippen LogP contribution is 2.29. The van der Waals surface area contributed by atoms with Crippen LogP contribution in [0.4, 0.5) is 0 Å². The molecule has 0 saturated heterocycles. The van der Waals surface area contributed by atoms with E-state index in [-0.39, 0.29) is 11.1 Å². The van der Waals surface area contributed by atoms with Gasteiger partial charge in [0.1, 0.15) is 0 Å². The van der Waals surface area contributed by atoms with E-state index in [0.717, 1.165) is 4.47 Å². The van der Waals surface area contributed by atoms with Gasteiger partial charge in [0.2, 0.25) is 0 Å². The van der Waals surface area contributed by atoms with Crippen molar-refractivity contribution in [1.29, 1.82) is 0 Å². The molecule has 21 heavy (non-hydrogen) atoms. The van der Waals surface area contributed by atoms with Gasteiger partial charge in [0, 0.05) is 27.3 Å². The van der Waals surface area contributed by atoms with Crippen molar-refractivity contribution in [2.75, 3.05) is 0 Å². The van der Waals surface area contributed by atoms with Gasteiger partial charge in [-0.05, 0) is 40.0 Å². The van der Waals surface area contributed by atoms with Gasteiger partial charge in [-0.2, -0.15) is 0 Å². The van der Waals surface area contributed by atoms with Gasteiger partial charge >= 0.3 is 0 Å². The van der Waals surface area contributed by atoms with Gasteiger partial charge in [-0.25, -0.2) is 8.42 Å². The molecule has 1 heterocycles. The van der Waals surface area contributed by atoms with Crippen LogP contribution in [0.25, 0.3) is 11.4 Å². The highest BCUT2D eigenvalue weighted by molar-refractivity contribution is 9.10. The van der Waals surface area contributed by atoms with E-state index < -0.39 is 9.05 Å². The van der Waals surface area contributed by atoms with E-state index in [1.807, 2.05) is 13.8 Å². The second-order valence-electron chi connectivity index (χ2n) is 4.88. The van der Waals surface area contributed by atoms with E-state index >= 15 is 0 Å². The van der Waals surface area contributed by atoms with Crippen LogP contribution in [0.5, 0.6) is 0 Å². The molecule has 0 aliphatic rings. The van der Waals surface area contributed by atoms with Crippen LogP contribution in [0.1, 0.15) is 13.8 Å². The Balaban J connectivity index is 2.63. The fourth-order valence-corrected chi connectivity index (χ4v) is 3.18. The van der Waals surface area contributed by atoms with Crippen molar-refractivity contribution in [2.24, 2.45) is 5.92 Å². The first-order valence-electron chi connectivity index (χ1n) is 6.03. The number of halogens is 3. The van der Waals surface area contributed by atoms with Gasteiger partial charge in [-0.3, -0.25) is 4.57 Å². The Morgan fingerprint density at radius 3 is 2.52 bits per heavy atom. The Kier molecular flexibility index (Phi) is 4.97. The van der Waals surface area contributed by atoms with Crippen LogP contribution >= 0.6 is 38.2 Å². The number of hydrogen-bond donors (Lipinski definition) is 0. The number of hydrogen-bond acceptors (Lipinski definition) is 4.